The summed E-state index contributed by atoms with van der Waals surface area (Å²) in [4.78, 5) is 25.5. The molecule has 0 saturated heterocycles. The fourth-order valence-electron chi connectivity index (χ4n) is 1.70. The Balaban J connectivity index is 2.70. The van der Waals surface area contributed by atoms with Crippen molar-refractivity contribution in [3.8, 4) is 0 Å². The van der Waals surface area contributed by atoms with E-state index in [0.29, 0.717) is 15.9 Å². The molecule has 0 aliphatic rings. The van der Waals surface area contributed by atoms with Crippen LogP contribution in [0.15, 0.2) is 32.3 Å². The van der Waals surface area contributed by atoms with Gasteiger partial charge in [-0.25, -0.2) is 0 Å². The molecule has 0 amide bonds. The van der Waals surface area contributed by atoms with Crippen LogP contribution in [0.1, 0.15) is 0 Å². The van der Waals surface area contributed by atoms with Crippen LogP contribution in [0.5, 0.6) is 0 Å². The van der Waals surface area contributed by atoms with Gasteiger partial charge in [0.2, 0.25) is 0 Å². The van der Waals surface area contributed by atoms with Crippen molar-refractivity contribution in [2.45, 2.75) is 0 Å². The summed E-state index contributed by atoms with van der Waals surface area (Å²) in [5.41, 5.74) is -0.235. The zero-order valence-electron chi connectivity index (χ0n) is 7.83. The van der Waals surface area contributed by atoms with Crippen LogP contribution >= 0.6 is 11.6 Å². The second-order valence-corrected chi connectivity index (χ2v) is 3.82. The number of aromatic amines is 2. The number of hydrogen-bond acceptors (Lipinski definition) is 3. The van der Waals surface area contributed by atoms with Gasteiger partial charge in [-0.1, -0.05) is 11.6 Å². The van der Waals surface area contributed by atoms with Gasteiger partial charge in [0.25, 0.3) is 11.1 Å². The second-order valence-electron chi connectivity index (χ2n) is 3.38. The topological polar surface area (TPSA) is 78.9 Å². The molecule has 0 aliphatic heterocycles. The van der Waals surface area contributed by atoms with Gasteiger partial charge in [0.05, 0.1) is 5.52 Å². The first-order valence-corrected chi connectivity index (χ1v) is 4.87. The van der Waals surface area contributed by atoms with Crippen LogP contribution in [0.2, 0.25) is 5.02 Å². The van der Waals surface area contributed by atoms with Crippen molar-refractivity contribution in [2.24, 2.45) is 0 Å². The van der Waals surface area contributed by atoms with E-state index in [1.807, 2.05) is 0 Å². The zero-order valence-corrected chi connectivity index (χ0v) is 8.59. The molecule has 0 bridgehead atoms. The Morgan fingerprint density at radius 3 is 2.81 bits per heavy atom. The van der Waals surface area contributed by atoms with Crippen molar-refractivity contribution < 1.29 is 4.52 Å². The number of halogens is 1. The van der Waals surface area contributed by atoms with Gasteiger partial charge in [-0.15, -0.1) is 0 Å². The lowest BCUT2D eigenvalue weighted by atomic mass is 10.2. The minimum absolute atomic E-state index is 0.00479. The van der Waals surface area contributed by atoms with Crippen molar-refractivity contribution in [1.29, 1.82) is 0 Å². The minimum atomic E-state index is -0.534. The molecule has 0 radical (unpaired) electrons. The first kappa shape index (κ1) is 9.23. The van der Waals surface area contributed by atoms with Crippen LogP contribution < -0.4 is 11.1 Å². The Kier molecular flexibility index (Phi) is 1.73. The molecule has 2 aromatic heterocycles. The highest BCUT2D eigenvalue weighted by molar-refractivity contribution is 6.31. The molecule has 0 aliphatic carbocycles. The molecule has 6 heteroatoms. The summed E-state index contributed by atoms with van der Waals surface area (Å²) < 4.78 is 4.98. The highest BCUT2D eigenvalue weighted by Crippen LogP contribution is 2.21. The van der Waals surface area contributed by atoms with Gasteiger partial charge in [0.1, 0.15) is 0 Å². The molecule has 0 unspecified atom stereocenters. The smallest absolute Gasteiger partial charge is 0.293 e. The Morgan fingerprint density at radius 2 is 2.00 bits per heavy atom. The van der Waals surface area contributed by atoms with E-state index < -0.39 is 11.1 Å². The Hall–Kier alpha value is -2.01. The number of benzene rings is 1. The molecule has 0 saturated carbocycles. The van der Waals surface area contributed by atoms with E-state index in [1.165, 1.54) is 0 Å². The molecule has 3 rings (SSSR count). The van der Waals surface area contributed by atoms with E-state index in [9.17, 15) is 9.59 Å². The molecular weight excluding hydrogens is 232 g/mol. The van der Waals surface area contributed by atoms with Crippen molar-refractivity contribution in [1.82, 2.24) is 10.1 Å². The highest BCUT2D eigenvalue weighted by atomic mass is 35.5. The molecule has 0 fully saturated rings. The molecule has 16 heavy (non-hydrogen) atoms. The first-order chi connectivity index (χ1) is 7.66. The maximum absolute atomic E-state index is 11.6. The molecule has 0 atom stereocenters. The van der Waals surface area contributed by atoms with Gasteiger partial charge in [0, 0.05) is 10.4 Å². The van der Waals surface area contributed by atoms with Crippen LogP contribution in [0.4, 0.5) is 0 Å². The SMILES string of the molecule is O=c1[nH]oc2c1c(=O)[nH]c1cc(Cl)ccc12. The Morgan fingerprint density at radius 1 is 1.19 bits per heavy atom. The molecule has 80 valence electrons. The van der Waals surface area contributed by atoms with Gasteiger partial charge >= 0.3 is 0 Å². The van der Waals surface area contributed by atoms with Gasteiger partial charge in [0.15, 0.2) is 11.0 Å². The number of aromatic nitrogens is 2. The van der Waals surface area contributed by atoms with Crippen molar-refractivity contribution >= 4 is 33.5 Å². The largest absolute Gasteiger partial charge is 0.377 e. The molecule has 0 spiro atoms. The third-order valence-electron chi connectivity index (χ3n) is 2.40. The van der Waals surface area contributed by atoms with E-state index in [4.69, 9.17) is 16.1 Å². The summed E-state index contributed by atoms with van der Waals surface area (Å²) in [6, 6.07) is 4.95. The summed E-state index contributed by atoms with van der Waals surface area (Å²) in [5.74, 6) is 0. The third kappa shape index (κ3) is 1.12. The van der Waals surface area contributed by atoms with E-state index in [0.717, 1.165) is 0 Å². The van der Waals surface area contributed by atoms with Gasteiger partial charge in [-0.3, -0.25) is 9.59 Å². The number of fused-ring (bicyclic) bond motifs is 3. The summed E-state index contributed by atoms with van der Waals surface area (Å²) in [5, 5.41) is 3.27. The van der Waals surface area contributed by atoms with Crippen LogP contribution in [0.25, 0.3) is 21.9 Å². The number of H-pyrrole nitrogens is 2. The molecule has 2 N–H and O–H groups in total. The van der Waals surface area contributed by atoms with E-state index in [-0.39, 0.29) is 11.0 Å². The van der Waals surface area contributed by atoms with Gasteiger partial charge < -0.3 is 9.51 Å². The monoisotopic (exact) mass is 236 g/mol. The fourth-order valence-corrected chi connectivity index (χ4v) is 1.87. The average Bonchev–Trinajstić information content (AvgIpc) is 2.61. The lowest BCUT2D eigenvalue weighted by Crippen LogP contribution is -2.13. The maximum Gasteiger partial charge on any atom is 0.293 e. The van der Waals surface area contributed by atoms with Crippen LogP contribution in [-0.2, 0) is 0 Å². The summed E-state index contributed by atoms with van der Waals surface area (Å²) >= 11 is 5.81. The third-order valence-corrected chi connectivity index (χ3v) is 2.64. The fraction of sp³-hybridized carbons (Fsp3) is 0. The predicted octanol–water partition coefficient (Wildman–Crippen LogP) is 1.62. The Labute approximate surface area is 92.6 Å². The van der Waals surface area contributed by atoms with Crippen LogP contribution in [-0.4, -0.2) is 10.1 Å². The number of hydrogen-bond donors (Lipinski definition) is 2. The van der Waals surface area contributed by atoms with E-state index in [1.54, 1.807) is 18.2 Å². The number of pyridine rings is 1. The standard InChI is InChI=1S/C10H5ClN2O3/c11-4-1-2-5-6(3-4)12-9(14)7-8(5)16-13-10(7)15/h1-3H,(H,12,14)(H,13,15). The lowest BCUT2D eigenvalue weighted by Gasteiger charge is -1.97. The number of nitrogens with one attached hydrogen (secondary N) is 2. The van der Waals surface area contributed by atoms with Crippen LogP contribution in [0.3, 0.4) is 0 Å². The molecule has 5 nitrogen and oxygen atoms in total. The quantitative estimate of drug-likeness (QED) is 0.622. The second kappa shape index (κ2) is 2.99. The first-order valence-electron chi connectivity index (χ1n) is 4.49. The average molecular weight is 237 g/mol. The Bertz CT molecular complexity index is 812. The number of rotatable bonds is 0. The summed E-state index contributed by atoms with van der Waals surface area (Å²) in [6.45, 7) is 0. The molecule has 1 aromatic carbocycles. The van der Waals surface area contributed by atoms with E-state index in [2.05, 4.69) is 10.1 Å². The maximum atomic E-state index is 11.6. The molecule has 3 aromatic rings. The zero-order chi connectivity index (χ0) is 11.3. The van der Waals surface area contributed by atoms with Gasteiger partial charge in [-0.05, 0) is 18.2 Å². The summed E-state index contributed by atoms with van der Waals surface area (Å²) in [7, 11) is 0. The normalized spacial score (nSPS) is 11.3. The van der Waals surface area contributed by atoms with Crippen molar-refractivity contribution in [2.75, 3.05) is 0 Å². The summed E-state index contributed by atoms with van der Waals surface area (Å²) in [6.07, 6.45) is 0. The van der Waals surface area contributed by atoms with Crippen molar-refractivity contribution in [3.63, 3.8) is 0 Å². The van der Waals surface area contributed by atoms with E-state index >= 15 is 0 Å². The van der Waals surface area contributed by atoms with Crippen LogP contribution in [0, 0.1) is 0 Å². The van der Waals surface area contributed by atoms with Gasteiger partial charge in [-0.2, -0.15) is 5.16 Å². The predicted molar refractivity (Wildman–Crippen MR) is 60.0 cm³/mol. The van der Waals surface area contributed by atoms with Crippen molar-refractivity contribution in [3.05, 3.63) is 43.9 Å². The lowest BCUT2D eigenvalue weighted by molar-refractivity contribution is 0.451. The minimum Gasteiger partial charge on any atom is -0.377 e. The molecule has 2 heterocycles. The molecular formula is C10H5ClN2O3. The highest BCUT2D eigenvalue weighted by Gasteiger charge is 2.12.